The number of esters is 1. The Bertz CT molecular complexity index is 1240. The molecule has 3 aromatic rings. The van der Waals surface area contributed by atoms with Crippen molar-refractivity contribution in [2.75, 3.05) is 18.5 Å². The van der Waals surface area contributed by atoms with Crippen LogP contribution in [0.2, 0.25) is 0 Å². The van der Waals surface area contributed by atoms with Crippen LogP contribution in [-0.2, 0) is 16.0 Å². The molecule has 7 nitrogen and oxygen atoms in total. The fraction of sp³-hybridized carbons (Fsp3) is 0.154. The number of fused-ring (bicyclic) bond motifs is 1. The van der Waals surface area contributed by atoms with E-state index in [1.165, 1.54) is 23.1 Å². The van der Waals surface area contributed by atoms with Crippen LogP contribution in [0.3, 0.4) is 0 Å². The van der Waals surface area contributed by atoms with Crippen molar-refractivity contribution in [1.29, 1.82) is 0 Å². The van der Waals surface area contributed by atoms with Gasteiger partial charge in [0.15, 0.2) is 6.61 Å². The van der Waals surface area contributed by atoms with Crippen molar-refractivity contribution in [2.24, 2.45) is 0 Å². The standard InChI is InChI=1S/C26H22N2O5/c1-17-7-5-6-10-22(17)27-23(29)16-33-26(32)19-11-12-20-21(15-19)25(31)28(24(20)30)14-13-18-8-3-2-4-9-18/h2-12,15H,13-14,16H2,1H3,(H,27,29). The van der Waals surface area contributed by atoms with Gasteiger partial charge >= 0.3 is 5.97 Å². The van der Waals surface area contributed by atoms with Crippen LogP contribution in [0, 0.1) is 6.92 Å². The average Bonchev–Trinajstić information content (AvgIpc) is 3.07. The maximum absolute atomic E-state index is 12.8. The summed E-state index contributed by atoms with van der Waals surface area (Å²) in [7, 11) is 0. The molecular formula is C26H22N2O5. The Morgan fingerprint density at radius 2 is 1.58 bits per heavy atom. The second kappa shape index (κ2) is 9.48. The number of imide groups is 1. The molecule has 1 aliphatic heterocycles. The number of para-hydroxylation sites is 1. The number of amides is 3. The highest BCUT2D eigenvalue weighted by Crippen LogP contribution is 2.25. The first kappa shape index (κ1) is 22.0. The van der Waals surface area contributed by atoms with Gasteiger partial charge in [0.1, 0.15) is 0 Å². The average molecular weight is 442 g/mol. The zero-order valence-electron chi connectivity index (χ0n) is 18.0. The van der Waals surface area contributed by atoms with Gasteiger partial charge in [0.2, 0.25) is 0 Å². The number of ether oxygens (including phenoxy) is 1. The number of rotatable bonds is 7. The summed E-state index contributed by atoms with van der Waals surface area (Å²) < 4.78 is 5.10. The molecule has 0 saturated heterocycles. The van der Waals surface area contributed by atoms with Gasteiger partial charge in [-0.15, -0.1) is 0 Å². The fourth-order valence-electron chi connectivity index (χ4n) is 3.62. The van der Waals surface area contributed by atoms with Crippen LogP contribution in [-0.4, -0.2) is 41.7 Å². The number of aryl methyl sites for hydroxylation is 1. The number of anilines is 1. The minimum Gasteiger partial charge on any atom is -0.452 e. The van der Waals surface area contributed by atoms with Gasteiger partial charge in [0, 0.05) is 12.2 Å². The fourth-order valence-corrected chi connectivity index (χ4v) is 3.62. The van der Waals surface area contributed by atoms with Gasteiger partial charge < -0.3 is 10.1 Å². The molecule has 166 valence electrons. The number of carbonyl (C=O) groups excluding carboxylic acids is 4. The molecule has 1 heterocycles. The third-order valence-electron chi connectivity index (χ3n) is 5.43. The normalized spacial score (nSPS) is 12.5. The number of carbonyl (C=O) groups is 4. The van der Waals surface area contributed by atoms with Crippen LogP contribution in [0.1, 0.15) is 42.2 Å². The maximum atomic E-state index is 12.8. The van der Waals surface area contributed by atoms with Crippen LogP contribution in [0.4, 0.5) is 5.69 Å². The molecule has 1 aliphatic rings. The lowest BCUT2D eigenvalue weighted by Crippen LogP contribution is -2.31. The van der Waals surface area contributed by atoms with Crippen LogP contribution in [0.15, 0.2) is 72.8 Å². The largest absolute Gasteiger partial charge is 0.452 e. The van der Waals surface area contributed by atoms with E-state index < -0.39 is 24.4 Å². The molecule has 3 amide bonds. The molecular weight excluding hydrogens is 420 g/mol. The lowest BCUT2D eigenvalue weighted by molar-refractivity contribution is -0.119. The van der Waals surface area contributed by atoms with Gasteiger partial charge in [0.05, 0.1) is 16.7 Å². The third kappa shape index (κ3) is 4.82. The Morgan fingerprint density at radius 1 is 0.879 bits per heavy atom. The van der Waals surface area contributed by atoms with Crippen LogP contribution >= 0.6 is 0 Å². The first-order chi connectivity index (χ1) is 15.9. The summed E-state index contributed by atoms with van der Waals surface area (Å²) >= 11 is 0. The summed E-state index contributed by atoms with van der Waals surface area (Å²) in [6.07, 6.45) is 0.539. The number of hydrogen-bond donors (Lipinski definition) is 1. The summed E-state index contributed by atoms with van der Waals surface area (Å²) in [5, 5.41) is 2.68. The zero-order chi connectivity index (χ0) is 23.4. The predicted octanol–water partition coefficient (Wildman–Crippen LogP) is 3.63. The Hall–Kier alpha value is -4.26. The van der Waals surface area contributed by atoms with E-state index in [1.54, 1.807) is 12.1 Å². The predicted molar refractivity (Wildman–Crippen MR) is 122 cm³/mol. The van der Waals surface area contributed by atoms with Crippen LogP contribution < -0.4 is 5.32 Å². The third-order valence-corrected chi connectivity index (χ3v) is 5.43. The van der Waals surface area contributed by atoms with Gasteiger partial charge in [0.25, 0.3) is 17.7 Å². The molecule has 33 heavy (non-hydrogen) atoms. The minimum absolute atomic E-state index is 0.100. The van der Waals surface area contributed by atoms with E-state index in [2.05, 4.69) is 5.32 Å². The van der Waals surface area contributed by atoms with Crippen LogP contribution in [0.25, 0.3) is 0 Å². The van der Waals surface area contributed by atoms with Gasteiger partial charge in [-0.1, -0.05) is 48.5 Å². The molecule has 3 aromatic carbocycles. The number of benzene rings is 3. The van der Waals surface area contributed by atoms with E-state index in [9.17, 15) is 19.2 Å². The van der Waals surface area contributed by atoms with E-state index >= 15 is 0 Å². The number of hydrogen-bond acceptors (Lipinski definition) is 5. The molecule has 0 bridgehead atoms. The second-order valence-corrected chi connectivity index (χ2v) is 7.70. The molecule has 0 radical (unpaired) electrons. The van der Waals surface area contributed by atoms with E-state index in [0.717, 1.165) is 11.1 Å². The van der Waals surface area contributed by atoms with Crippen molar-refractivity contribution in [3.63, 3.8) is 0 Å². The molecule has 0 saturated carbocycles. The van der Waals surface area contributed by atoms with Crippen molar-refractivity contribution in [3.05, 3.63) is 101 Å². The monoisotopic (exact) mass is 442 g/mol. The van der Waals surface area contributed by atoms with Crippen molar-refractivity contribution >= 4 is 29.4 Å². The lowest BCUT2D eigenvalue weighted by atomic mass is 10.1. The Morgan fingerprint density at radius 3 is 2.33 bits per heavy atom. The molecule has 4 rings (SSSR count). The van der Waals surface area contributed by atoms with E-state index in [1.807, 2.05) is 49.4 Å². The van der Waals surface area contributed by atoms with Gasteiger partial charge in [-0.2, -0.15) is 0 Å². The molecule has 0 aliphatic carbocycles. The Labute approximate surface area is 191 Å². The number of nitrogens with one attached hydrogen (secondary N) is 1. The highest BCUT2D eigenvalue weighted by Gasteiger charge is 2.35. The maximum Gasteiger partial charge on any atom is 0.338 e. The van der Waals surface area contributed by atoms with Gasteiger partial charge in [-0.05, 0) is 48.7 Å². The highest BCUT2D eigenvalue weighted by atomic mass is 16.5. The molecule has 0 aromatic heterocycles. The van der Waals surface area contributed by atoms with Crippen molar-refractivity contribution in [3.8, 4) is 0 Å². The summed E-state index contributed by atoms with van der Waals surface area (Å²) in [5.74, 6) is -2.06. The van der Waals surface area contributed by atoms with Crippen molar-refractivity contribution < 1.29 is 23.9 Å². The SMILES string of the molecule is Cc1ccccc1NC(=O)COC(=O)c1ccc2c(c1)C(=O)N(CCc1ccccc1)C2=O. The van der Waals surface area contributed by atoms with Gasteiger partial charge in [-0.25, -0.2) is 4.79 Å². The highest BCUT2D eigenvalue weighted by molar-refractivity contribution is 6.22. The molecule has 7 heteroatoms. The summed E-state index contributed by atoms with van der Waals surface area (Å²) in [6.45, 7) is 1.63. The Balaban J connectivity index is 1.38. The number of nitrogens with zero attached hydrogens (tertiary/aromatic N) is 1. The topological polar surface area (TPSA) is 92.8 Å². The van der Waals surface area contributed by atoms with Crippen molar-refractivity contribution in [1.82, 2.24) is 4.90 Å². The van der Waals surface area contributed by atoms with Gasteiger partial charge in [-0.3, -0.25) is 19.3 Å². The molecule has 0 spiro atoms. The van der Waals surface area contributed by atoms with E-state index in [-0.39, 0.29) is 29.1 Å². The first-order valence-corrected chi connectivity index (χ1v) is 10.5. The quantitative estimate of drug-likeness (QED) is 0.446. The lowest BCUT2D eigenvalue weighted by Gasteiger charge is -2.13. The first-order valence-electron chi connectivity index (χ1n) is 10.5. The Kier molecular flexibility index (Phi) is 6.31. The smallest absolute Gasteiger partial charge is 0.338 e. The molecule has 0 unspecified atom stereocenters. The molecule has 0 atom stereocenters. The van der Waals surface area contributed by atoms with E-state index in [0.29, 0.717) is 12.1 Å². The van der Waals surface area contributed by atoms with E-state index in [4.69, 9.17) is 4.74 Å². The zero-order valence-corrected chi connectivity index (χ0v) is 18.0. The summed E-state index contributed by atoms with van der Waals surface area (Å²) in [6, 6.07) is 21.0. The molecule has 1 N–H and O–H groups in total. The minimum atomic E-state index is -0.749. The van der Waals surface area contributed by atoms with Crippen molar-refractivity contribution in [2.45, 2.75) is 13.3 Å². The molecule has 0 fully saturated rings. The van der Waals surface area contributed by atoms with Crippen LogP contribution in [0.5, 0.6) is 0 Å². The summed E-state index contributed by atoms with van der Waals surface area (Å²) in [5.41, 5.74) is 3.05. The summed E-state index contributed by atoms with van der Waals surface area (Å²) in [4.78, 5) is 51.2. The second-order valence-electron chi connectivity index (χ2n) is 7.70.